The number of hydrogen-bond donors (Lipinski definition) is 1. The highest BCUT2D eigenvalue weighted by molar-refractivity contribution is 5.96. The molecule has 0 radical (unpaired) electrons. The first kappa shape index (κ1) is 16.7. The van der Waals surface area contributed by atoms with Crippen LogP contribution in [0.4, 0.5) is 10.1 Å². The van der Waals surface area contributed by atoms with E-state index in [0.29, 0.717) is 11.3 Å². The number of amides is 2. The molecule has 0 bridgehead atoms. The Balaban J connectivity index is 2.18. The number of nitrogens with one attached hydrogen (secondary N) is 1. The Bertz CT molecular complexity index is 713. The first-order valence-corrected chi connectivity index (χ1v) is 7.29. The molecule has 1 atom stereocenters. The number of halogens is 1. The fourth-order valence-electron chi connectivity index (χ4n) is 2.28. The van der Waals surface area contributed by atoms with Crippen LogP contribution in [0.25, 0.3) is 0 Å². The zero-order chi connectivity index (χ0) is 17.0. The van der Waals surface area contributed by atoms with Gasteiger partial charge in [-0.05, 0) is 42.8 Å². The van der Waals surface area contributed by atoms with Crippen molar-refractivity contribution in [3.63, 3.8) is 0 Å². The highest BCUT2D eigenvalue weighted by Gasteiger charge is 2.19. The monoisotopic (exact) mass is 314 g/mol. The van der Waals surface area contributed by atoms with E-state index in [9.17, 15) is 14.0 Å². The lowest BCUT2D eigenvalue weighted by atomic mass is 10.1. The summed E-state index contributed by atoms with van der Waals surface area (Å²) in [4.78, 5) is 25.3. The van der Waals surface area contributed by atoms with Crippen LogP contribution >= 0.6 is 0 Å². The number of rotatable bonds is 4. The average Bonchev–Trinajstić information content (AvgIpc) is 2.53. The number of carbonyl (C=O) groups is 2. The molecule has 0 unspecified atom stereocenters. The minimum atomic E-state index is -0.307. The van der Waals surface area contributed by atoms with Crippen LogP contribution in [-0.4, -0.2) is 23.8 Å². The standard InChI is InChI=1S/C18H19FN2O2/c1-12(14-7-9-16(19)10-8-14)21(3)18(23)15-5-4-6-17(11-15)20-13(2)22/h4-12H,1-3H3,(H,20,22)/t12-/m1/s1. The Hall–Kier alpha value is -2.69. The van der Waals surface area contributed by atoms with Crippen molar-refractivity contribution in [1.29, 1.82) is 0 Å². The molecule has 23 heavy (non-hydrogen) atoms. The van der Waals surface area contributed by atoms with E-state index in [-0.39, 0.29) is 23.7 Å². The number of anilines is 1. The number of nitrogens with zero attached hydrogens (tertiary/aromatic N) is 1. The predicted octanol–water partition coefficient (Wildman–Crippen LogP) is 3.62. The van der Waals surface area contributed by atoms with Gasteiger partial charge in [0.25, 0.3) is 5.91 Å². The van der Waals surface area contributed by atoms with Gasteiger partial charge in [0.2, 0.25) is 5.91 Å². The van der Waals surface area contributed by atoms with Crippen molar-refractivity contribution in [3.05, 3.63) is 65.5 Å². The third kappa shape index (κ3) is 4.16. The molecule has 0 fully saturated rings. The third-order valence-corrected chi connectivity index (χ3v) is 3.68. The molecule has 0 spiro atoms. The van der Waals surface area contributed by atoms with Crippen molar-refractivity contribution in [3.8, 4) is 0 Å². The summed E-state index contributed by atoms with van der Waals surface area (Å²) in [5.41, 5.74) is 1.90. The second kappa shape index (κ2) is 7.05. The molecule has 1 N–H and O–H groups in total. The molecular weight excluding hydrogens is 295 g/mol. The van der Waals surface area contributed by atoms with Gasteiger partial charge in [0.15, 0.2) is 0 Å². The molecule has 5 heteroatoms. The lowest BCUT2D eigenvalue weighted by Gasteiger charge is -2.25. The second-order valence-electron chi connectivity index (χ2n) is 5.41. The van der Waals surface area contributed by atoms with Gasteiger partial charge in [-0.2, -0.15) is 0 Å². The van der Waals surface area contributed by atoms with E-state index in [0.717, 1.165) is 5.56 Å². The minimum absolute atomic E-state index is 0.172. The van der Waals surface area contributed by atoms with E-state index in [1.54, 1.807) is 48.3 Å². The van der Waals surface area contributed by atoms with Crippen molar-refractivity contribution in [2.75, 3.05) is 12.4 Å². The zero-order valence-electron chi connectivity index (χ0n) is 13.3. The van der Waals surface area contributed by atoms with Gasteiger partial charge in [0, 0.05) is 25.2 Å². The van der Waals surface area contributed by atoms with E-state index in [4.69, 9.17) is 0 Å². The Morgan fingerprint density at radius 3 is 2.39 bits per heavy atom. The van der Waals surface area contributed by atoms with Gasteiger partial charge in [-0.25, -0.2) is 4.39 Å². The highest BCUT2D eigenvalue weighted by atomic mass is 19.1. The van der Waals surface area contributed by atoms with E-state index >= 15 is 0 Å². The summed E-state index contributed by atoms with van der Waals surface area (Å²) in [6, 6.07) is 12.7. The SMILES string of the molecule is CC(=O)Nc1cccc(C(=O)N(C)[C@H](C)c2ccc(F)cc2)c1. The molecule has 4 nitrogen and oxygen atoms in total. The molecule has 0 aliphatic carbocycles. The van der Waals surface area contributed by atoms with Gasteiger partial charge in [-0.3, -0.25) is 9.59 Å². The van der Waals surface area contributed by atoms with Crippen LogP contribution in [0.15, 0.2) is 48.5 Å². The summed E-state index contributed by atoms with van der Waals surface area (Å²) in [5.74, 6) is -0.672. The largest absolute Gasteiger partial charge is 0.335 e. The van der Waals surface area contributed by atoms with Crippen LogP contribution in [0, 0.1) is 5.82 Å². The molecule has 0 heterocycles. The molecule has 0 saturated heterocycles. The summed E-state index contributed by atoms with van der Waals surface area (Å²) in [7, 11) is 1.70. The fourth-order valence-corrected chi connectivity index (χ4v) is 2.28. The van der Waals surface area contributed by atoms with Gasteiger partial charge in [-0.1, -0.05) is 18.2 Å². The topological polar surface area (TPSA) is 49.4 Å². The smallest absolute Gasteiger partial charge is 0.254 e. The van der Waals surface area contributed by atoms with Crippen molar-refractivity contribution in [2.24, 2.45) is 0 Å². The van der Waals surface area contributed by atoms with Crippen LogP contribution in [0.3, 0.4) is 0 Å². The average molecular weight is 314 g/mol. The fraction of sp³-hybridized carbons (Fsp3) is 0.222. The Morgan fingerprint density at radius 1 is 1.13 bits per heavy atom. The maximum atomic E-state index is 13.0. The van der Waals surface area contributed by atoms with Gasteiger partial charge >= 0.3 is 0 Å². The lowest BCUT2D eigenvalue weighted by molar-refractivity contribution is -0.114. The van der Waals surface area contributed by atoms with Crippen molar-refractivity contribution in [2.45, 2.75) is 19.9 Å². The quantitative estimate of drug-likeness (QED) is 0.937. The van der Waals surface area contributed by atoms with Crippen molar-refractivity contribution in [1.82, 2.24) is 4.90 Å². The van der Waals surface area contributed by atoms with Crippen LogP contribution in [0.5, 0.6) is 0 Å². The summed E-state index contributed by atoms with van der Waals surface area (Å²) in [6.07, 6.45) is 0. The minimum Gasteiger partial charge on any atom is -0.335 e. The summed E-state index contributed by atoms with van der Waals surface area (Å²) < 4.78 is 13.0. The maximum Gasteiger partial charge on any atom is 0.254 e. The normalized spacial score (nSPS) is 11.7. The molecule has 2 aromatic rings. The summed E-state index contributed by atoms with van der Waals surface area (Å²) in [5, 5.41) is 2.65. The van der Waals surface area contributed by atoms with Gasteiger partial charge < -0.3 is 10.2 Å². The van der Waals surface area contributed by atoms with Crippen molar-refractivity contribution < 1.29 is 14.0 Å². The Labute approximate surface area is 134 Å². The van der Waals surface area contributed by atoms with Crippen LogP contribution < -0.4 is 5.32 Å². The predicted molar refractivity (Wildman–Crippen MR) is 87.7 cm³/mol. The van der Waals surface area contributed by atoms with E-state index in [2.05, 4.69) is 5.32 Å². The van der Waals surface area contributed by atoms with E-state index < -0.39 is 0 Å². The van der Waals surface area contributed by atoms with Crippen LogP contribution in [-0.2, 0) is 4.79 Å². The molecule has 120 valence electrons. The molecule has 2 rings (SSSR count). The molecule has 0 aliphatic rings. The van der Waals surface area contributed by atoms with Crippen LogP contribution in [0.2, 0.25) is 0 Å². The molecule has 0 aliphatic heterocycles. The first-order valence-electron chi connectivity index (χ1n) is 7.29. The summed E-state index contributed by atoms with van der Waals surface area (Å²) >= 11 is 0. The summed E-state index contributed by atoms with van der Waals surface area (Å²) in [6.45, 7) is 3.29. The first-order chi connectivity index (χ1) is 10.9. The number of hydrogen-bond acceptors (Lipinski definition) is 2. The second-order valence-corrected chi connectivity index (χ2v) is 5.41. The molecule has 0 saturated carbocycles. The lowest BCUT2D eigenvalue weighted by Crippen LogP contribution is -2.29. The van der Waals surface area contributed by atoms with Gasteiger partial charge in [0.05, 0.1) is 6.04 Å². The van der Waals surface area contributed by atoms with E-state index in [1.165, 1.54) is 19.1 Å². The third-order valence-electron chi connectivity index (χ3n) is 3.68. The molecule has 2 amide bonds. The molecule has 0 aromatic heterocycles. The number of carbonyl (C=O) groups excluding carboxylic acids is 2. The van der Waals surface area contributed by atoms with Crippen molar-refractivity contribution >= 4 is 17.5 Å². The maximum absolute atomic E-state index is 13.0. The highest BCUT2D eigenvalue weighted by Crippen LogP contribution is 2.22. The zero-order valence-corrected chi connectivity index (χ0v) is 13.3. The van der Waals surface area contributed by atoms with E-state index in [1.807, 2.05) is 6.92 Å². The Kier molecular flexibility index (Phi) is 5.11. The molecular formula is C18H19FN2O2. The molecule has 2 aromatic carbocycles. The van der Waals surface area contributed by atoms with Crippen LogP contribution in [0.1, 0.15) is 35.8 Å². The van der Waals surface area contributed by atoms with Gasteiger partial charge in [0.1, 0.15) is 5.82 Å². The van der Waals surface area contributed by atoms with Gasteiger partial charge in [-0.15, -0.1) is 0 Å². The Morgan fingerprint density at radius 2 is 1.78 bits per heavy atom. The number of benzene rings is 2.